The van der Waals surface area contributed by atoms with Crippen LogP contribution in [0.1, 0.15) is 78.3 Å². The minimum absolute atomic E-state index is 0.0258. The number of nitrogens with zero attached hydrogens (tertiary/aromatic N) is 3. The van der Waals surface area contributed by atoms with Crippen molar-refractivity contribution in [2.24, 2.45) is 23.2 Å². The average molecular weight is 838 g/mol. The van der Waals surface area contributed by atoms with Crippen molar-refractivity contribution in [2.75, 3.05) is 26.9 Å². The molecule has 312 valence electrons. The third kappa shape index (κ3) is 8.48. The van der Waals surface area contributed by atoms with Gasteiger partial charge in [-0.05, 0) is 61.0 Å². The lowest BCUT2D eigenvalue weighted by molar-refractivity contribution is -0.146. The number of aliphatic carboxylic acids is 1. The zero-order valence-corrected chi connectivity index (χ0v) is 35.3. The number of halogens is 1. The highest BCUT2D eigenvalue weighted by atomic mass is 35.5. The highest BCUT2D eigenvalue weighted by molar-refractivity contribution is 7.13. The standard InChI is InChI=1S/C42H52ClN5O9S/c1-8-24-18-42(24,39(51)52)47-36(49)30-16-26(19-48(30)38(50)35(41(4,5)6)46-40(53)57-25-14-22-13-23(22)15-25)56-32-17-28(37-45-29(20-58-37)21(2)3)44-34-27(32)9-10-31(33(34)43)55-12-11-54-7/h8-10,17,20-26,30,35H,1,11-16,18-19H2,2-7H3,(H,46,53)(H,47,49)(H,51,52)/t22-,23+,24-,25?,26-,30+,35?,42-/m1/s1. The second-order valence-electron chi connectivity index (χ2n) is 17.3. The summed E-state index contributed by atoms with van der Waals surface area (Å²) in [5, 5.41) is 19.2. The van der Waals surface area contributed by atoms with Crippen LogP contribution in [-0.2, 0) is 23.9 Å². The van der Waals surface area contributed by atoms with E-state index in [2.05, 4.69) is 31.1 Å². The van der Waals surface area contributed by atoms with Crippen LogP contribution in [0.15, 0.2) is 36.2 Å². The van der Waals surface area contributed by atoms with Crippen LogP contribution >= 0.6 is 22.9 Å². The number of alkyl carbamates (subject to hydrolysis) is 1. The van der Waals surface area contributed by atoms with Crippen molar-refractivity contribution in [3.8, 4) is 22.2 Å². The van der Waals surface area contributed by atoms with Crippen LogP contribution in [0.5, 0.6) is 11.5 Å². The van der Waals surface area contributed by atoms with Gasteiger partial charge in [-0.2, -0.15) is 0 Å². The summed E-state index contributed by atoms with van der Waals surface area (Å²) in [7, 11) is 1.58. The average Bonchev–Trinajstić information content (AvgIpc) is 3.81. The van der Waals surface area contributed by atoms with E-state index in [1.54, 1.807) is 25.3 Å². The normalized spacial score (nSPS) is 26.5. The van der Waals surface area contributed by atoms with Crippen LogP contribution in [0.3, 0.4) is 0 Å². The van der Waals surface area contributed by atoms with Crippen molar-refractivity contribution < 1.29 is 43.2 Å². The molecular formula is C42H52ClN5O9S. The zero-order valence-electron chi connectivity index (χ0n) is 33.7. The van der Waals surface area contributed by atoms with Crippen molar-refractivity contribution in [3.63, 3.8) is 0 Å². The SMILES string of the molecule is C=C[C@@H]1C[C@]1(NC(=O)[C@@H]1C[C@@H](Oc2cc(-c3nc(C(C)C)cs3)nc3c(Cl)c(OCCOC)ccc23)CN1C(=O)C(NC(=O)OC1C[C@@H]2C[C@@H]2C1)C(C)(C)C)C(=O)O. The van der Waals surface area contributed by atoms with E-state index in [9.17, 15) is 24.3 Å². The number of rotatable bonds is 15. The molecule has 1 saturated heterocycles. The Morgan fingerprint density at radius 2 is 1.83 bits per heavy atom. The van der Waals surface area contributed by atoms with E-state index < -0.39 is 58.9 Å². The van der Waals surface area contributed by atoms with Gasteiger partial charge in [0.1, 0.15) is 63.7 Å². The summed E-state index contributed by atoms with van der Waals surface area (Å²) in [6.45, 7) is 13.9. The molecule has 58 heavy (non-hydrogen) atoms. The molecule has 1 aliphatic heterocycles. The molecular weight excluding hydrogens is 786 g/mol. The second-order valence-corrected chi connectivity index (χ2v) is 18.6. The van der Waals surface area contributed by atoms with Gasteiger partial charge >= 0.3 is 12.1 Å². The molecule has 3 heterocycles. The van der Waals surface area contributed by atoms with E-state index in [-0.39, 0.29) is 43.0 Å². The molecule has 3 aromatic rings. The van der Waals surface area contributed by atoms with Crippen LogP contribution in [0.2, 0.25) is 5.02 Å². The number of hydrogen-bond donors (Lipinski definition) is 3. The predicted molar refractivity (Wildman–Crippen MR) is 218 cm³/mol. The number of carbonyl (C=O) groups excluding carboxylic acids is 3. The van der Waals surface area contributed by atoms with Crippen LogP contribution in [-0.4, -0.2) is 101 Å². The van der Waals surface area contributed by atoms with E-state index in [0.29, 0.717) is 51.5 Å². The minimum atomic E-state index is -1.53. The molecule has 8 atom stereocenters. The molecule has 3 aliphatic carbocycles. The van der Waals surface area contributed by atoms with Gasteiger partial charge in [-0.25, -0.2) is 19.6 Å². The second kappa shape index (κ2) is 16.3. The highest BCUT2D eigenvalue weighted by Crippen LogP contribution is 2.52. The summed E-state index contributed by atoms with van der Waals surface area (Å²) in [6, 6.07) is 3.07. The molecule has 3 N–H and O–H groups in total. The molecule has 4 fully saturated rings. The largest absolute Gasteiger partial charge is 0.490 e. The van der Waals surface area contributed by atoms with Gasteiger partial charge in [-0.15, -0.1) is 17.9 Å². The van der Waals surface area contributed by atoms with Crippen LogP contribution in [0.25, 0.3) is 21.6 Å². The van der Waals surface area contributed by atoms with Crippen LogP contribution in [0, 0.1) is 23.2 Å². The Bertz CT molecular complexity index is 2090. The first-order valence-electron chi connectivity index (χ1n) is 19.9. The fourth-order valence-electron chi connectivity index (χ4n) is 8.18. The number of nitrogens with one attached hydrogen (secondary N) is 2. The third-order valence-electron chi connectivity index (χ3n) is 11.7. The number of likely N-dealkylation sites (tertiary alicyclic amines) is 1. The maximum atomic E-state index is 14.7. The van der Waals surface area contributed by atoms with E-state index in [1.165, 1.54) is 28.7 Å². The lowest BCUT2D eigenvalue weighted by atomic mass is 9.85. The smallest absolute Gasteiger partial charge is 0.408 e. The first-order valence-corrected chi connectivity index (χ1v) is 21.1. The Morgan fingerprint density at radius 1 is 1.09 bits per heavy atom. The third-order valence-corrected chi connectivity index (χ3v) is 13.0. The molecule has 16 heteroatoms. The maximum absolute atomic E-state index is 14.7. The Hall–Kier alpha value is -4.47. The number of thiazole rings is 1. The summed E-state index contributed by atoms with van der Waals surface area (Å²) in [5.41, 5.74) is -0.492. The van der Waals surface area contributed by atoms with E-state index in [0.717, 1.165) is 18.5 Å². The van der Waals surface area contributed by atoms with Crippen molar-refractivity contribution in [3.05, 3.63) is 47.0 Å². The molecule has 0 bridgehead atoms. The number of fused-ring (bicyclic) bond motifs is 2. The molecule has 3 saturated carbocycles. The summed E-state index contributed by atoms with van der Waals surface area (Å²) in [6.07, 6.45) is 2.88. The van der Waals surface area contributed by atoms with Crippen LogP contribution < -0.4 is 20.1 Å². The Kier molecular flexibility index (Phi) is 11.7. The molecule has 7 rings (SSSR count). The molecule has 1 aromatic carbocycles. The van der Waals surface area contributed by atoms with Gasteiger partial charge in [-0.3, -0.25) is 9.59 Å². The number of carboxylic acids is 1. The summed E-state index contributed by atoms with van der Waals surface area (Å²) in [5.74, 6) is -0.625. The van der Waals surface area contributed by atoms with Gasteiger partial charge in [-0.1, -0.05) is 52.3 Å². The lowest BCUT2D eigenvalue weighted by Crippen LogP contribution is -2.59. The molecule has 2 unspecified atom stereocenters. The topological polar surface area (TPSA) is 179 Å². The minimum Gasteiger partial charge on any atom is -0.490 e. The molecule has 4 aliphatic rings. The van der Waals surface area contributed by atoms with Gasteiger partial charge in [0, 0.05) is 36.3 Å². The van der Waals surface area contributed by atoms with Gasteiger partial charge < -0.3 is 39.6 Å². The number of carbonyl (C=O) groups is 4. The van der Waals surface area contributed by atoms with Gasteiger partial charge in [0.25, 0.3) is 0 Å². The van der Waals surface area contributed by atoms with Crippen molar-refractivity contribution in [1.29, 1.82) is 0 Å². The number of carboxylic acid groups (broad SMARTS) is 1. The number of aromatic nitrogens is 2. The summed E-state index contributed by atoms with van der Waals surface area (Å²) in [4.78, 5) is 65.7. The summed E-state index contributed by atoms with van der Waals surface area (Å²) < 4.78 is 23.5. The van der Waals surface area contributed by atoms with Gasteiger partial charge in [0.05, 0.1) is 24.4 Å². The quantitative estimate of drug-likeness (QED) is 0.111. The Morgan fingerprint density at radius 3 is 2.45 bits per heavy atom. The highest BCUT2D eigenvalue weighted by Gasteiger charge is 2.61. The number of ether oxygens (including phenoxy) is 4. The zero-order chi connectivity index (χ0) is 41.7. The molecule has 0 spiro atoms. The number of pyridine rings is 1. The molecule has 0 radical (unpaired) electrons. The van der Waals surface area contributed by atoms with Crippen molar-refractivity contribution in [2.45, 2.75) is 102 Å². The molecule has 2 aromatic heterocycles. The molecule has 3 amide bonds. The van der Waals surface area contributed by atoms with E-state index in [4.69, 9.17) is 40.5 Å². The summed E-state index contributed by atoms with van der Waals surface area (Å²) >= 11 is 8.38. The Balaban J connectivity index is 1.21. The van der Waals surface area contributed by atoms with E-state index in [1.807, 2.05) is 26.2 Å². The fourth-order valence-corrected chi connectivity index (χ4v) is 9.38. The fraction of sp³-hybridized carbons (Fsp3) is 0.571. The number of hydrogen-bond acceptors (Lipinski definition) is 11. The van der Waals surface area contributed by atoms with Crippen LogP contribution in [0.4, 0.5) is 4.79 Å². The Labute approximate surface area is 347 Å². The maximum Gasteiger partial charge on any atom is 0.408 e. The monoisotopic (exact) mass is 837 g/mol. The number of benzene rings is 1. The van der Waals surface area contributed by atoms with Gasteiger partial charge in [0.2, 0.25) is 11.8 Å². The predicted octanol–water partition coefficient (Wildman–Crippen LogP) is 6.59. The number of methoxy groups -OCH3 is 1. The van der Waals surface area contributed by atoms with E-state index >= 15 is 0 Å². The lowest BCUT2D eigenvalue weighted by Gasteiger charge is -2.35. The van der Waals surface area contributed by atoms with Gasteiger partial charge in [0.15, 0.2) is 0 Å². The first kappa shape index (κ1) is 41.7. The molecule has 14 nitrogen and oxygen atoms in total. The van der Waals surface area contributed by atoms with Crippen molar-refractivity contribution in [1.82, 2.24) is 25.5 Å². The van der Waals surface area contributed by atoms with Crippen molar-refractivity contribution >= 4 is 57.7 Å². The first-order chi connectivity index (χ1) is 27.5. The number of amides is 3.